The van der Waals surface area contributed by atoms with Crippen LogP contribution in [0, 0.1) is 11.8 Å². The molecule has 0 saturated carbocycles. The van der Waals surface area contributed by atoms with Crippen molar-refractivity contribution in [1.29, 1.82) is 0 Å². The van der Waals surface area contributed by atoms with Gasteiger partial charge in [0.1, 0.15) is 0 Å². The van der Waals surface area contributed by atoms with Gasteiger partial charge in [-0.1, -0.05) is 30.3 Å². The lowest BCUT2D eigenvalue weighted by Crippen LogP contribution is -2.47. The third-order valence-corrected chi connectivity index (χ3v) is 5.74. The Morgan fingerprint density at radius 2 is 1.89 bits per heavy atom. The smallest absolute Gasteiger partial charge is 0.320 e. The van der Waals surface area contributed by atoms with E-state index in [1.54, 1.807) is 4.90 Å². The molecule has 1 unspecified atom stereocenters. The van der Waals surface area contributed by atoms with Crippen molar-refractivity contribution < 1.29 is 9.59 Å². The summed E-state index contributed by atoms with van der Waals surface area (Å²) in [7, 11) is 1.84. The van der Waals surface area contributed by atoms with Crippen molar-refractivity contribution in [3.05, 3.63) is 35.9 Å². The summed E-state index contributed by atoms with van der Waals surface area (Å²) in [6.45, 7) is 4.86. The number of hydrogen-bond donors (Lipinski definition) is 2. The molecule has 2 saturated heterocycles. The van der Waals surface area contributed by atoms with Crippen LogP contribution in [0.5, 0.6) is 0 Å². The van der Waals surface area contributed by atoms with Crippen molar-refractivity contribution in [2.75, 3.05) is 39.8 Å². The second-order valence-corrected chi connectivity index (χ2v) is 7.82. The van der Waals surface area contributed by atoms with Crippen molar-refractivity contribution in [3.8, 4) is 0 Å². The first-order valence-corrected chi connectivity index (χ1v) is 10.2. The molecule has 2 fully saturated rings. The molecule has 1 aromatic carbocycles. The van der Waals surface area contributed by atoms with E-state index in [0.717, 1.165) is 44.5 Å². The number of halogens is 1. The van der Waals surface area contributed by atoms with E-state index in [0.29, 0.717) is 25.6 Å². The SMILES string of the molecule is CN(Cc1ccccc1)C(=O)N1CCC(C(=O)NCCC2CCNC2)CC1.Cl. The van der Waals surface area contributed by atoms with Crippen LogP contribution in [-0.2, 0) is 11.3 Å². The minimum absolute atomic E-state index is 0. The standard InChI is InChI=1S/C21H32N4O2.ClH/c1-24(16-18-5-3-2-4-6-18)21(27)25-13-9-19(10-14-25)20(26)23-12-8-17-7-11-22-15-17;/h2-6,17,19,22H,7-16H2,1H3,(H,23,26);1H. The maximum absolute atomic E-state index is 12.6. The van der Waals surface area contributed by atoms with Crippen LogP contribution >= 0.6 is 12.4 Å². The second kappa shape index (κ2) is 11.3. The lowest BCUT2D eigenvalue weighted by atomic mass is 9.96. The summed E-state index contributed by atoms with van der Waals surface area (Å²) in [4.78, 5) is 28.7. The van der Waals surface area contributed by atoms with E-state index in [1.165, 1.54) is 6.42 Å². The Morgan fingerprint density at radius 3 is 2.54 bits per heavy atom. The van der Waals surface area contributed by atoms with E-state index >= 15 is 0 Å². The first kappa shape index (κ1) is 22.5. The molecule has 0 spiro atoms. The molecule has 0 aliphatic carbocycles. The topological polar surface area (TPSA) is 64.7 Å². The van der Waals surface area contributed by atoms with Gasteiger partial charge >= 0.3 is 6.03 Å². The number of nitrogens with zero attached hydrogens (tertiary/aromatic N) is 2. The van der Waals surface area contributed by atoms with E-state index in [1.807, 2.05) is 42.3 Å². The molecular formula is C21H33ClN4O2. The number of carbonyl (C=O) groups excluding carboxylic acids is 2. The Balaban J connectivity index is 0.00000280. The fourth-order valence-corrected chi connectivity index (χ4v) is 4.00. The predicted molar refractivity (Wildman–Crippen MR) is 113 cm³/mol. The van der Waals surface area contributed by atoms with E-state index < -0.39 is 0 Å². The highest BCUT2D eigenvalue weighted by atomic mass is 35.5. The highest BCUT2D eigenvalue weighted by Crippen LogP contribution is 2.19. The van der Waals surface area contributed by atoms with Crippen LogP contribution in [0.15, 0.2) is 30.3 Å². The first-order chi connectivity index (χ1) is 13.1. The van der Waals surface area contributed by atoms with Crippen LogP contribution in [0.25, 0.3) is 0 Å². The zero-order chi connectivity index (χ0) is 19.1. The van der Waals surface area contributed by atoms with Crippen molar-refractivity contribution in [1.82, 2.24) is 20.4 Å². The van der Waals surface area contributed by atoms with E-state index in [-0.39, 0.29) is 30.3 Å². The summed E-state index contributed by atoms with van der Waals surface area (Å²) >= 11 is 0. The molecule has 2 aliphatic rings. The van der Waals surface area contributed by atoms with Crippen molar-refractivity contribution in [2.24, 2.45) is 11.8 Å². The molecule has 6 nitrogen and oxygen atoms in total. The fraction of sp³-hybridized carbons (Fsp3) is 0.619. The van der Waals surface area contributed by atoms with Gasteiger partial charge in [0, 0.05) is 39.1 Å². The van der Waals surface area contributed by atoms with Crippen molar-refractivity contribution in [2.45, 2.75) is 32.2 Å². The van der Waals surface area contributed by atoms with Gasteiger partial charge in [-0.2, -0.15) is 0 Å². The molecule has 0 aromatic heterocycles. The number of nitrogens with one attached hydrogen (secondary N) is 2. The normalized spacial score (nSPS) is 19.8. The fourth-order valence-electron chi connectivity index (χ4n) is 4.00. The quantitative estimate of drug-likeness (QED) is 0.760. The number of hydrogen-bond acceptors (Lipinski definition) is 3. The number of rotatable bonds is 6. The van der Waals surface area contributed by atoms with Gasteiger partial charge in [-0.05, 0) is 50.3 Å². The third kappa shape index (κ3) is 6.38. The molecule has 3 rings (SSSR count). The van der Waals surface area contributed by atoms with Crippen LogP contribution < -0.4 is 10.6 Å². The summed E-state index contributed by atoms with van der Waals surface area (Å²) < 4.78 is 0. The number of benzene rings is 1. The zero-order valence-electron chi connectivity index (χ0n) is 16.7. The Bertz CT molecular complexity index is 614. The van der Waals surface area contributed by atoms with Crippen molar-refractivity contribution in [3.63, 3.8) is 0 Å². The van der Waals surface area contributed by atoms with Crippen LogP contribution in [0.2, 0.25) is 0 Å². The van der Waals surface area contributed by atoms with Crippen LogP contribution in [0.4, 0.5) is 4.79 Å². The molecule has 156 valence electrons. The molecule has 0 bridgehead atoms. The average Bonchev–Trinajstić information content (AvgIpc) is 3.21. The molecule has 3 amide bonds. The van der Waals surface area contributed by atoms with Gasteiger partial charge in [-0.15, -0.1) is 12.4 Å². The van der Waals surface area contributed by atoms with E-state index in [4.69, 9.17) is 0 Å². The Morgan fingerprint density at radius 1 is 1.18 bits per heavy atom. The molecule has 2 aliphatic heterocycles. The zero-order valence-corrected chi connectivity index (χ0v) is 17.5. The first-order valence-electron chi connectivity index (χ1n) is 10.2. The lowest BCUT2D eigenvalue weighted by Gasteiger charge is -2.34. The van der Waals surface area contributed by atoms with Gasteiger partial charge in [0.05, 0.1) is 0 Å². The average molecular weight is 409 g/mol. The summed E-state index contributed by atoms with van der Waals surface area (Å²) in [6, 6.07) is 10.1. The molecule has 2 N–H and O–H groups in total. The summed E-state index contributed by atoms with van der Waals surface area (Å²) in [5.74, 6) is 0.894. The number of likely N-dealkylation sites (tertiary alicyclic amines) is 1. The summed E-state index contributed by atoms with van der Waals surface area (Å²) in [5.41, 5.74) is 1.13. The number of piperidine rings is 1. The minimum Gasteiger partial charge on any atom is -0.356 e. The monoisotopic (exact) mass is 408 g/mol. The van der Waals surface area contributed by atoms with E-state index in [2.05, 4.69) is 10.6 Å². The van der Waals surface area contributed by atoms with Crippen LogP contribution in [0.3, 0.4) is 0 Å². The maximum Gasteiger partial charge on any atom is 0.320 e. The van der Waals surface area contributed by atoms with Gasteiger partial charge in [0.15, 0.2) is 0 Å². The van der Waals surface area contributed by atoms with Crippen molar-refractivity contribution >= 4 is 24.3 Å². The maximum atomic E-state index is 12.6. The molecule has 7 heteroatoms. The largest absolute Gasteiger partial charge is 0.356 e. The second-order valence-electron chi connectivity index (χ2n) is 7.82. The number of amides is 3. The molecule has 28 heavy (non-hydrogen) atoms. The molecule has 0 radical (unpaired) electrons. The number of carbonyl (C=O) groups is 2. The Hall–Kier alpha value is -1.79. The molecule has 2 heterocycles. The minimum atomic E-state index is 0. The summed E-state index contributed by atoms with van der Waals surface area (Å²) in [6.07, 6.45) is 3.77. The highest BCUT2D eigenvalue weighted by Gasteiger charge is 2.28. The predicted octanol–water partition coefficient (Wildman–Crippen LogP) is 2.49. The van der Waals surface area contributed by atoms with Gasteiger partial charge in [0.25, 0.3) is 0 Å². The summed E-state index contributed by atoms with van der Waals surface area (Å²) in [5, 5.41) is 6.46. The van der Waals surface area contributed by atoms with Gasteiger partial charge in [-0.3, -0.25) is 4.79 Å². The third-order valence-electron chi connectivity index (χ3n) is 5.74. The van der Waals surface area contributed by atoms with E-state index in [9.17, 15) is 9.59 Å². The molecule has 1 aromatic rings. The van der Waals surface area contributed by atoms with Gasteiger partial charge in [0.2, 0.25) is 5.91 Å². The Kier molecular flexibility index (Phi) is 9.06. The van der Waals surface area contributed by atoms with Crippen LogP contribution in [-0.4, -0.2) is 61.5 Å². The molecular weight excluding hydrogens is 376 g/mol. The number of urea groups is 1. The highest BCUT2D eigenvalue weighted by molar-refractivity contribution is 5.85. The van der Waals surface area contributed by atoms with Gasteiger partial charge < -0.3 is 20.4 Å². The Labute approximate surface area is 174 Å². The van der Waals surface area contributed by atoms with Crippen LogP contribution in [0.1, 0.15) is 31.2 Å². The van der Waals surface area contributed by atoms with Gasteiger partial charge in [-0.25, -0.2) is 4.79 Å². The lowest BCUT2D eigenvalue weighted by molar-refractivity contribution is -0.126. The molecule has 1 atom stereocenters.